The molecule has 0 bridgehead atoms. The number of alkyl carbamates (subject to hydrolysis) is 1. The number of aromatic nitrogens is 2. The molecule has 4 atom stereocenters. The predicted octanol–water partition coefficient (Wildman–Crippen LogP) is 1.93. The molecule has 37 heavy (non-hydrogen) atoms. The molecule has 0 aromatic carbocycles. The Morgan fingerprint density at radius 1 is 1.32 bits per heavy atom. The maximum Gasteiger partial charge on any atom is 0.697 e. The minimum atomic E-state index is -2.55. The summed E-state index contributed by atoms with van der Waals surface area (Å²) in [6.07, 6.45) is -1.69. The molecule has 0 radical (unpaired) electrons. The van der Waals surface area contributed by atoms with E-state index < -0.39 is 54.9 Å². The second kappa shape index (κ2) is 13.6. The highest BCUT2D eigenvalue weighted by Gasteiger charge is 2.52. The largest absolute Gasteiger partial charge is 0.697 e. The first-order chi connectivity index (χ1) is 17.3. The van der Waals surface area contributed by atoms with Crippen molar-refractivity contribution < 1.29 is 37.8 Å². The Balaban J connectivity index is 1.74. The lowest BCUT2D eigenvalue weighted by molar-refractivity contribution is -0.118. The number of hydrogen-bond donors (Lipinski definition) is 3. The van der Waals surface area contributed by atoms with Crippen LogP contribution in [0.2, 0.25) is 0 Å². The van der Waals surface area contributed by atoms with E-state index in [1.165, 1.54) is 16.8 Å². The molecule has 2 heterocycles. The molecule has 1 aliphatic rings. The smallest absolute Gasteiger partial charge is 0.450 e. The maximum atomic E-state index is 12.5. The zero-order chi connectivity index (χ0) is 27.8. The molecule has 13 nitrogen and oxygen atoms in total. The van der Waals surface area contributed by atoms with Crippen LogP contribution in [-0.4, -0.2) is 70.2 Å². The van der Waals surface area contributed by atoms with Gasteiger partial charge in [-0.25, -0.2) is 9.59 Å². The summed E-state index contributed by atoms with van der Waals surface area (Å²) < 4.78 is 34.2. The van der Waals surface area contributed by atoms with E-state index in [9.17, 15) is 28.8 Å². The number of aromatic amines is 1. The number of carbonyl (C=O) groups is 2. The molecule has 15 heteroatoms. The summed E-state index contributed by atoms with van der Waals surface area (Å²) in [6.45, 7) is 8.90. The van der Waals surface area contributed by atoms with Gasteiger partial charge in [-0.1, -0.05) is 39.5 Å². The Labute approximate surface area is 219 Å². The molecule has 208 valence electrons. The van der Waals surface area contributed by atoms with Gasteiger partial charge in [-0.3, -0.25) is 19.1 Å². The number of nitrogens with zero attached hydrogens (tertiary/aromatic N) is 1. The molecule has 1 saturated heterocycles. The first-order valence-electron chi connectivity index (χ1n) is 11.8. The average molecular weight is 565 g/mol. The van der Waals surface area contributed by atoms with Gasteiger partial charge in [-0.2, -0.15) is 0 Å². The number of ether oxygens (including phenoxy) is 2. The molecular weight excluding hydrogens is 529 g/mol. The molecule has 0 saturated carbocycles. The highest BCUT2D eigenvalue weighted by Crippen LogP contribution is 2.45. The van der Waals surface area contributed by atoms with Crippen LogP contribution in [0.5, 0.6) is 0 Å². The predicted molar refractivity (Wildman–Crippen MR) is 135 cm³/mol. The van der Waals surface area contributed by atoms with Crippen molar-refractivity contribution in [1.82, 2.24) is 14.9 Å². The van der Waals surface area contributed by atoms with Crippen LogP contribution < -0.4 is 16.6 Å². The zero-order valence-electron chi connectivity index (χ0n) is 21.6. The number of carbonyl (C=O) groups excluding carboxylic acids is 2. The molecule has 1 aliphatic heterocycles. The van der Waals surface area contributed by atoms with E-state index in [1.54, 1.807) is 34.6 Å². The Hall–Kier alpha value is -2.09. The van der Waals surface area contributed by atoms with Gasteiger partial charge in [0.05, 0.1) is 12.7 Å². The topological polar surface area (TPSA) is 175 Å². The summed E-state index contributed by atoms with van der Waals surface area (Å²) >= 11 is 1.02. The fourth-order valence-corrected chi connectivity index (χ4v) is 5.13. The molecule has 3 N–H and O–H groups in total. The average Bonchev–Trinajstić information content (AvgIpc) is 3.03. The Morgan fingerprint density at radius 3 is 2.68 bits per heavy atom. The summed E-state index contributed by atoms with van der Waals surface area (Å²) in [4.78, 5) is 49.4. The van der Waals surface area contributed by atoms with Crippen LogP contribution in [-0.2, 0) is 27.9 Å². The third-order valence-corrected chi connectivity index (χ3v) is 7.80. The Morgan fingerprint density at radius 2 is 2.03 bits per heavy atom. The van der Waals surface area contributed by atoms with Crippen LogP contribution in [0.3, 0.4) is 0 Å². The highest BCUT2D eigenvalue weighted by molar-refractivity contribution is 8.13. The fourth-order valence-electron chi connectivity index (χ4n) is 3.58. The molecule has 1 fully saturated rings. The van der Waals surface area contributed by atoms with E-state index in [0.29, 0.717) is 6.42 Å². The van der Waals surface area contributed by atoms with Crippen LogP contribution in [0, 0.1) is 10.8 Å². The lowest BCUT2D eigenvalue weighted by Crippen LogP contribution is -2.39. The molecular formula is C22H35N3O10PS+. The van der Waals surface area contributed by atoms with Gasteiger partial charge >= 0.3 is 20.0 Å². The number of aliphatic hydroxyl groups is 1. The second-order valence-electron chi connectivity index (χ2n) is 9.58. The summed E-state index contributed by atoms with van der Waals surface area (Å²) in [6, 6.07) is 1.17. The first kappa shape index (κ1) is 31.1. The quantitative estimate of drug-likeness (QED) is 0.236. The van der Waals surface area contributed by atoms with Crippen molar-refractivity contribution in [3.8, 4) is 0 Å². The van der Waals surface area contributed by atoms with E-state index in [-0.39, 0.29) is 37.2 Å². The lowest BCUT2D eigenvalue weighted by Gasteiger charge is -2.28. The van der Waals surface area contributed by atoms with Gasteiger partial charge in [0.15, 0.2) is 5.12 Å². The van der Waals surface area contributed by atoms with E-state index in [0.717, 1.165) is 11.8 Å². The fraction of sp³-hybridized carbons (Fsp3) is 0.727. The number of hydrogen-bond acceptors (Lipinski definition) is 11. The number of amides is 1. The van der Waals surface area contributed by atoms with Gasteiger partial charge < -0.3 is 19.9 Å². The van der Waals surface area contributed by atoms with Crippen LogP contribution in [0.25, 0.3) is 0 Å². The summed E-state index contributed by atoms with van der Waals surface area (Å²) in [7, 11) is -2.55. The zero-order valence-corrected chi connectivity index (χ0v) is 23.3. The molecule has 1 aromatic heterocycles. The molecule has 1 amide bonds. The lowest BCUT2D eigenvalue weighted by atomic mass is 9.84. The number of thioether (sulfide) groups is 1. The van der Waals surface area contributed by atoms with Crippen LogP contribution in [0.15, 0.2) is 21.9 Å². The standard InChI is InChI=1S/C22H34N3O10PS/c1-6-32-20(30)23-9-8-21(2,3)18(28)37-12-11-33-36(31)34-13-14-16(27)22(4,5)17(35-14)25-10-7-15(26)24-19(25)29/h7,10,14,16-17,27H,6,8-9,11-13H2,1-5H3,(H-,23,24,26,29,30)/p+1/t14-,16-,17-/m1/s1. The van der Waals surface area contributed by atoms with Gasteiger partial charge in [0, 0.05) is 40.0 Å². The van der Waals surface area contributed by atoms with Gasteiger partial charge in [0.1, 0.15) is 25.5 Å². The van der Waals surface area contributed by atoms with Crippen molar-refractivity contribution in [2.75, 3.05) is 32.1 Å². The Kier molecular flexibility index (Phi) is 11.5. The van der Waals surface area contributed by atoms with Crippen molar-refractivity contribution in [3.63, 3.8) is 0 Å². The minimum Gasteiger partial charge on any atom is -0.450 e. The Bertz CT molecular complexity index is 1070. The molecule has 0 spiro atoms. The van der Waals surface area contributed by atoms with Gasteiger partial charge in [-0.15, -0.1) is 9.05 Å². The summed E-state index contributed by atoms with van der Waals surface area (Å²) in [5, 5.41) is 13.1. The van der Waals surface area contributed by atoms with Crippen LogP contribution in [0.1, 0.15) is 47.3 Å². The third-order valence-electron chi connectivity index (χ3n) is 5.86. The van der Waals surface area contributed by atoms with Crippen LogP contribution in [0.4, 0.5) is 4.79 Å². The number of H-pyrrole nitrogens is 1. The van der Waals surface area contributed by atoms with E-state index in [4.69, 9.17) is 18.5 Å². The van der Waals surface area contributed by atoms with Crippen molar-refractivity contribution in [2.24, 2.45) is 10.8 Å². The number of aliphatic hydroxyl groups excluding tert-OH is 1. The summed E-state index contributed by atoms with van der Waals surface area (Å²) in [5.41, 5.74) is -2.85. The van der Waals surface area contributed by atoms with Crippen LogP contribution >= 0.6 is 20.0 Å². The SMILES string of the molecule is CCOC(=O)NCCC(C)(C)C(=O)SCCO[P+](=O)OC[C@H]1O[C@@H](n2ccc(=O)[nH]c2=O)C(C)(C)[C@@H]1O. The van der Waals surface area contributed by atoms with Crippen molar-refractivity contribution in [3.05, 3.63) is 33.1 Å². The molecule has 1 unspecified atom stereocenters. The van der Waals surface area contributed by atoms with Crippen molar-refractivity contribution >= 4 is 31.2 Å². The van der Waals surface area contributed by atoms with Gasteiger partial charge in [-0.05, 0) is 13.3 Å². The van der Waals surface area contributed by atoms with Gasteiger partial charge in [0.2, 0.25) is 0 Å². The number of nitrogens with one attached hydrogen (secondary N) is 2. The first-order valence-corrected chi connectivity index (χ1v) is 13.8. The monoisotopic (exact) mass is 564 g/mol. The molecule has 1 aromatic rings. The molecule has 2 rings (SSSR count). The van der Waals surface area contributed by atoms with Gasteiger partial charge in [0.25, 0.3) is 5.56 Å². The van der Waals surface area contributed by atoms with Crippen molar-refractivity contribution in [2.45, 2.75) is 59.5 Å². The maximum absolute atomic E-state index is 12.5. The van der Waals surface area contributed by atoms with Crippen molar-refractivity contribution in [1.29, 1.82) is 0 Å². The van der Waals surface area contributed by atoms with E-state index in [1.807, 2.05) is 0 Å². The normalized spacial score (nSPS) is 21.5. The third kappa shape index (κ3) is 8.72. The minimum absolute atomic E-state index is 0.0161. The highest BCUT2D eigenvalue weighted by atomic mass is 32.2. The second-order valence-corrected chi connectivity index (χ2v) is 11.6. The number of rotatable bonds is 13. The molecule has 0 aliphatic carbocycles. The summed E-state index contributed by atoms with van der Waals surface area (Å²) in [5.74, 6) is 0.241. The van der Waals surface area contributed by atoms with E-state index >= 15 is 0 Å². The van der Waals surface area contributed by atoms with E-state index in [2.05, 4.69) is 10.3 Å².